The van der Waals surface area contributed by atoms with Gasteiger partial charge in [-0.3, -0.25) is 4.79 Å². The molecule has 0 saturated carbocycles. The number of carbonyl (C=O) groups excluding carboxylic acids is 1. The van der Waals surface area contributed by atoms with Crippen LogP contribution in [0.3, 0.4) is 0 Å². The van der Waals surface area contributed by atoms with E-state index in [2.05, 4.69) is 4.18 Å². The van der Waals surface area contributed by atoms with Gasteiger partial charge in [0.1, 0.15) is 0 Å². The van der Waals surface area contributed by atoms with Gasteiger partial charge in [-0.25, -0.2) is 0 Å². The largest absolute Gasteiger partial charge is 0.534 e. The van der Waals surface area contributed by atoms with Crippen LogP contribution >= 0.6 is 0 Å². The van der Waals surface area contributed by atoms with E-state index >= 15 is 0 Å². The van der Waals surface area contributed by atoms with Gasteiger partial charge in [-0.15, -0.1) is 0 Å². The van der Waals surface area contributed by atoms with Crippen LogP contribution in [0.15, 0.2) is 24.3 Å². The van der Waals surface area contributed by atoms with Crippen molar-refractivity contribution >= 4 is 26.9 Å². The van der Waals surface area contributed by atoms with Gasteiger partial charge in [-0.05, 0) is 58.1 Å². The number of benzene rings is 2. The van der Waals surface area contributed by atoms with Crippen LogP contribution in [0.2, 0.25) is 0 Å². The summed E-state index contributed by atoms with van der Waals surface area (Å²) in [5.74, 6) is -1.20. The van der Waals surface area contributed by atoms with Gasteiger partial charge in [-0.2, -0.15) is 21.6 Å². The van der Waals surface area contributed by atoms with Crippen LogP contribution in [0, 0.1) is 13.8 Å². The second-order valence-corrected chi connectivity index (χ2v) is 9.34. The third-order valence-electron chi connectivity index (χ3n) is 3.78. The third-order valence-corrected chi connectivity index (χ3v) is 4.74. The van der Waals surface area contributed by atoms with Crippen molar-refractivity contribution in [3.05, 3.63) is 41.0 Å². The first-order valence-electron chi connectivity index (χ1n) is 9.38. The molecule has 0 spiro atoms. The summed E-state index contributed by atoms with van der Waals surface area (Å²) >= 11 is 0. The van der Waals surface area contributed by atoms with Gasteiger partial charge in [0, 0.05) is 10.9 Å². The molecule has 0 atom stereocenters. The first-order valence-corrected chi connectivity index (χ1v) is 10.8. The Bertz CT molecular complexity index is 1030. The minimum atomic E-state index is -5.89. The summed E-state index contributed by atoms with van der Waals surface area (Å²) in [5.41, 5.74) is -4.90. The molecular formula is C21H27F3O6S. The number of halogens is 3. The average molecular weight is 465 g/mol. The number of hydrogen-bond donors (Lipinski definition) is 1. The number of ether oxygens (including phenoxy) is 1. The predicted molar refractivity (Wildman–Crippen MR) is 111 cm³/mol. The molecule has 1 N–H and O–H groups in total. The Morgan fingerprint density at radius 2 is 1.61 bits per heavy atom. The van der Waals surface area contributed by atoms with E-state index in [-0.39, 0.29) is 17.6 Å². The van der Waals surface area contributed by atoms with E-state index in [1.807, 2.05) is 0 Å². The normalized spacial score (nSPS) is 12.2. The number of aliphatic hydroxyl groups is 1. The molecule has 2 aromatic rings. The number of esters is 1. The lowest BCUT2D eigenvalue weighted by molar-refractivity contribution is -0.142. The average Bonchev–Trinajstić information content (AvgIpc) is 2.56. The molecule has 31 heavy (non-hydrogen) atoms. The quantitative estimate of drug-likeness (QED) is 0.396. The lowest BCUT2D eigenvalue weighted by Gasteiger charge is -2.18. The van der Waals surface area contributed by atoms with Crippen LogP contribution < -0.4 is 4.18 Å². The summed E-state index contributed by atoms with van der Waals surface area (Å²) in [6, 6.07) is 6.41. The number of rotatable bonds is 5. The van der Waals surface area contributed by atoms with Crippen LogP contribution in [0.25, 0.3) is 10.8 Å². The van der Waals surface area contributed by atoms with E-state index in [1.54, 1.807) is 59.7 Å². The van der Waals surface area contributed by atoms with E-state index in [9.17, 15) is 26.4 Å². The maximum atomic E-state index is 12.8. The summed E-state index contributed by atoms with van der Waals surface area (Å²) in [6.45, 7) is 10.2. The van der Waals surface area contributed by atoms with E-state index in [1.165, 1.54) is 6.07 Å². The zero-order valence-corrected chi connectivity index (χ0v) is 19.1. The van der Waals surface area contributed by atoms with Gasteiger partial charge in [0.15, 0.2) is 5.75 Å². The van der Waals surface area contributed by atoms with Crippen molar-refractivity contribution in [1.29, 1.82) is 0 Å². The van der Waals surface area contributed by atoms with Gasteiger partial charge in [0.25, 0.3) is 0 Å². The Kier molecular flexibility index (Phi) is 8.50. The van der Waals surface area contributed by atoms with Crippen LogP contribution in [0.5, 0.6) is 5.75 Å². The molecule has 0 heterocycles. The van der Waals surface area contributed by atoms with Crippen molar-refractivity contribution in [2.75, 3.05) is 6.61 Å². The Labute approximate surface area is 180 Å². The first kappa shape index (κ1) is 26.7. The van der Waals surface area contributed by atoms with Gasteiger partial charge in [0.2, 0.25) is 0 Å². The molecule has 0 radical (unpaired) electrons. The summed E-state index contributed by atoms with van der Waals surface area (Å²) in [6.07, 6.45) is -0.410. The standard InChI is InChI=1S/C17H17F3O5S.C4H10O/c1-4-24-15(21)9-14-11(3)8-13-10(2)6-5-7-12(13)16(14)25-26(22,23)17(18,19)20;1-4(2,3)5/h5-8H,4,9H2,1-3H3;5H,1-3H3. The molecule has 0 fully saturated rings. The van der Waals surface area contributed by atoms with Crippen molar-refractivity contribution in [1.82, 2.24) is 0 Å². The van der Waals surface area contributed by atoms with Crippen molar-refractivity contribution in [3.63, 3.8) is 0 Å². The maximum absolute atomic E-state index is 12.8. The smallest absolute Gasteiger partial charge is 0.466 e. The lowest BCUT2D eigenvalue weighted by atomic mass is 9.96. The SMILES string of the molecule is CC(C)(C)O.CCOC(=O)Cc1c(C)cc2c(C)cccc2c1OS(=O)(=O)C(F)(F)F. The highest BCUT2D eigenvalue weighted by molar-refractivity contribution is 7.88. The van der Waals surface area contributed by atoms with Gasteiger partial charge >= 0.3 is 21.6 Å². The molecule has 0 aromatic heterocycles. The molecule has 2 aromatic carbocycles. The minimum absolute atomic E-state index is 0.0365. The van der Waals surface area contributed by atoms with E-state index in [4.69, 9.17) is 9.84 Å². The minimum Gasteiger partial charge on any atom is -0.466 e. The second kappa shape index (κ2) is 9.86. The summed E-state index contributed by atoms with van der Waals surface area (Å²) in [4.78, 5) is 11.8. The number of carbonyl (C=O) groups is 1. The molecule has 0 aliphatic heterocycles. The Morgan fingerprint density at radius 3 is 2.10 bits per heavy atom. The Hall–Kier alpha value is -2.33. The maximum Gasteiger partial charge on any atom is 0.534 e. The van der Waals surface area contributed by atoms with E-state index < -0.39 is 39.4 Å². The van der Waals surface area contributed by atoms with E-state index in [0.717, 1.165) is 5.56 Å². The first-order chi connectivity index (χ1) is 14.0. The third kappa shape index (κ3) is 7.70. The zero-order valence-electron chi connectivity index (χ0n) is 18.3. The second-order valence-electron chi connectivity index (χ2n) is 7.81. The fourth-order valence-corrected chi connectivity index (χ4v) is 3.05. The predicted octanol–water partition coefficient (Wildman–Crippen LogP) is 4.57. The highest BCUT2D eigenvalue weighted by atomic mass is 32.2. The number of alkyl halides is 3. The summed E-state index contributed by atoms with van der Waals surface area (Å²) in [5, 5.41) is 9.22. The molecule has 0 bridgehead atoms. The molecule has 6 nitrogen and oxygen atoms in total. The summed E-state index contributed by atoms with van der Waals surface area (Å²) < 4.78 is 70.8. The molecule has 0 unspecified atom stereocenters. The molecule has 174 valence electrons. The highest BCUT2D eigenvalue weighted by Crippen LogP contribution is 2.38. The molecule has 0 aliphatic rings. The molecule has 10 heteroatoms. The fraction of sp³-hybridized carbons (Fsp3) is 0.476. The Morgan fingerprint density at radius 1 is 1.06 bits per heavy atom. The number of hydrogen-bond acceptors (Lipinski definition) is 6. The summed E-state index contributed by atoms with van der Waals surface area (Å²) in [7, 11) is -5.89. The zero-order chi connectivity index (χ0) is 24.2. The van der Waals surface area contributed by atoms with Crippen molar-refractivity contribution in [3.8, 4) is 5.75 Å². The highest BCUT2D eigenvalue weighted by Gasteiger charge is 2.49. The van der Waals surface area contributed by atoms with Crippen LogP contribution in [0.4, 0.5) is 13.2 Å². The van der Waals surface area contributed by atoms with Gasteiger partial charge in [-0.1, -0.05) is 24.3 Å². The molecule has 0 saturated heterocycles. The Balaban J connectivity index is 0.000000861. The van der Waals surface area contributed by atoms with Gasteiger partial charge in [0.05, 0.1) is 18.6 Å². The molecule has 2 rings (SSSR count). The van der Waals surface area contributed by atoms with E-state index in [0.29, 0.717) is 10.9 Å². The van der Waals surface area contributed by atoms with Gasteiger partial charge < -0.3 is 14.0 Å². The topological polar surface area (TPSA) is 89.9 Å². The lowest BCUT2D eigenvalue weighted by Crippen LogP contribution is -2.28. The monoisotopic (exact) mass is 464 g/mol. The van der Waals surface area contributed by atoms with Crippen molar-refractivity contribution in [2.45, 2.75) is 59.1 Å². The van der Waals surface area contributed by atoms with Crippen LogP contribution in [-0.2, 0) is 26.1 Å². The molecular weight excluding hydrogens is 437 g/mol. The van der Waals surface area contributed by atoms with Crippen LogP contribution in [0.1, 0.15) is 44.4 Å². The number of fused-ring (bicyclic) bond motifs is 1. The van der Waals surface area contributed by atoms with Crippen molar-refractivity contribution in [2.24, 2.45) is 0 Å². The fourth-order valence-electron chi connectivity index (χ4n) is 2.54. The molecule has 0 aliphatic carbocycles. The van der Waals surface area contributed by atoms with Crippen molar-refractivity contribution < 1.29 is 40.4 Å². The number of aryl methyl sites for hydroxylation is 2. The molecule has 0 amide bonds. The van der Waals surface area contributed by atoms with Crippen LogP contribution in [-0.4, -0.2) is 37.2 Å².